The van der Waals surface area contributed by atoms with E-state index in [-0.39, 0.29) is 17.4 Å². The second kappa shape index (κ2) is 7.31. The van der Waals surface area contributed by atoms with E-state index in [4.69, 9.17) is 9.47 Å². The fraction of sp³-hybridized carbons (Fsp3) is 0.562. The predicted molar refractivity (Wildman–Crippen MR) is 85.8 cm³/mol. The Hall–Kier alpha value is -1.60. The van der Waals surface area contributed by atoms with Crippen LogP contribution in [0.15, 0.2) is 23.1 Å². The molecule has 1 aromatic rings. The highest BCUT2D eigenvalue weighted by atomic mass is 32.2. The van der Waals surface area contributed by atoms with Crippen LogP contribution >= 0.6 is 0 Å². The Morgan fingerprint density at radius 2 is 2.13 bits per heavy atom. The summed E-state index contributed by atoms with van der Waals surface area (Å²) in [6.07, 6.45) is 1.28. The summed E-state index contributed by atoms with van der Waals surface area (Å²) in [4.78, 5) is 12.1. The number of hydrogen-bond donors (Lipinski definition) is 0. The molecule has 128 valence electrons. The lowest BCUT2D eigenvalue weighted by Gasteiger charge is -2.31. The van der Waals surface area contributed by atoms with Gasteiger partial charge in [-0.05, 0) is 44.4 Å². The van der Waals surface area contributed by atoms with Gasteiger partial charge in [0.1, 0.15) is 10.6 Å². The largest absolute Gasteiger partial charge is 0.495 e. The summed E-state index contributed by atoms with van der Waals surface area (Å²) in [7, 11) is -2.26. The van der Waals surface area contributed by atoms with Gasteiger partial charge in [-0.2, -0.15) is 4.31 Å². The predicted octanol–water partition coefficient (Wildman–Crippen LogP) is 1.97. The van der Waals surface area contributed by atoms with E-state index < -0.39 is 15.9 Å². The van der Waals surface area contributed by atoms with Crippen molar-refractivity contribution in [3.63, 3.8) is 0 Å². The Labute approximate surface area is 137 Å². The van der Waals surface area contributed by atoms with E-state index in [9.17, 15) is 13.2 Å². The highest BCUT2D eigenvalue weighted by Gasteiger charge is 2.35. The van der Waals surface area contributed by atoms with Crippen LogP contribution in [0.1, 0.15) is 25.3 Å². The van der Waals surface area contributed by atoms with E-state index in [1.807, 2.05) is 6.92 Å². The number of ether oxygens (including phenoxy) is 2. The Morgan fingerprint density at radius 3 is 2.78 bits per heavy atom. The highest BCUT2D eigenvalue weighted by Crippen LogP contribution is 2.30. The number of carbonyl (C=O) groups is 1. The second-order valence-electron chi connectivity index (χ2n) is 5.61. The van der Waals surface area contributed by atoms with Crippen LogP contribution in [0, 0.1) is 12.8 Å². The zero-order valence-electron chi connectivity index (χ0n) is 13.7. The molecule has 0 bridgehead atoms. The van der Waals surface area contributed by atoms with Gasteiger partial charge in [0.2, 0.25) is 10.0 Å². The van der Waals surface area contributed by atoms with Crippen LogP contribution in [-0.2, 0) is 19.6 Å². The van der Waals surface area contributed by atoms with Crippen molar-refractivity contribution in [3.8, 4) is 5.75 Å². The third kappa shape index (κ3) is 3.84. The zero-order valence-corrected chi connectivity index (χ0v) is 14.6. The summed E-state index contributed by atoms with van der Waals surface area (Å²) in [6, 6.07) is 5.05. The van der Waals surface area contributed by atoms with Crippen molar-refractivity contribution in [2.24, 2.45) is 5.92 Å². The molecule has 7 heteroatoms. The highest BCUT2D eigenvalue weighted by molar-refractivity contribution is 7.89. The third-order valence-electron chi connectivity index (χ3n) is 3.94. The van der Waals surface area contributed by atoms with Crippen LogP contribution in [0.2, 0.25) is 0 Å². The molecule has 0 amide bonds. The smallest absolute Gasteiger partial charge is 0.310 e. The van der Waals surface area contributed by atoms with Gasteiger partial charge < -0.3 is 9.47 Å². The molecule has 0 saturated carbocycles. The minimum absolute atomic E-state index is 0.143. The van der Waals surface area contributed by atoms with Gasteiger partial charge in [-0.1, -0.05) is 6.07 Å². The van der Waals surface area contributed by atoms with Gasteiger partial charge >= 0.3 is 5.97 Å². The van der Waals surface area contributed by atoms with Gasteiger partial charge in [0, 0.05) is 13.1 Å². The van der Waals surface area contributed by atoms with Crippen molar-refractivity contribution >= 4 is 16.0 Å². The summed E-state index contributed by atoms with van der Waals surface area (Å²) < 4.78 is 37.5. The van der Waals surface area contributed by atoms with Crippen molar-refractivity contribution in [1.29, 1.82) is 0 Å². The average Bonchev–Trinajstić information content (AvgIpc) is 2.55. The number of carbonyl (C=O) groups excluding carboxylic acids is 1. The molecular weight excluding hydrogens is 318 g/mol. The number of aryl methyl sites for hydroxylation is 1. The molecule has 0 spiro atoms. The molecule has 1 aliphatic rings. The third-order valence-corrected chi connectivity index (χ3v) is 5.83. The number of rotatable bonds is 5. The van der Waals surface area contributed by atoms with E-state index >= 15 is 0 Å². The number of benzene rings is 1. The number of esters is 1. The molecule has 0 aliphatic carbocycles. The molecule has 1 heterocycles. The molecule has 23 heavy (non-hydrogen) atoms. The van der Waals surface area contributed by atoms with Gasteiger partial charge in [0.05, 0.1) is 19.6 Å². The molecule has 0 unspecified atom stereocenters. The molecule has 1 fully saturated rings. The Kier molecular flexibility index (Phi) is 5.64. The average molecular weight is 341 g/mol. The summed E-state index contributed by atoms with van der Waals surface area (Å²) in [5.41, 5.74) is 0.836. The standard InChI is InChI=1S/C16H23NO5S/c1-4-22-16(18)13-6-5-9-17(11-13)23(19,20)15-10-12(2)7-8-14(15)21-3/h7-8,10,13H,4-6,9,11H2,1-3H3/t13-/m1/s1. The Bertz CT molecular complexity index is 671. The Balaban J connectivity index is 2.29. The number of nitrogens with zero attached hydrogens (tertiary/aromatic N) is 1. The summed E-state index contributed by atoms with van der Waals surface area (Å²) >= 11 is 0. The van der Waals surface area contributed by atoms with Crippen LogP contribution in [0.5, 0.6) is 5.75 Å². The fourth-order valence-corrected chi connectivity index (χ4v) is 4.50. The first-order chi connectivity index (χ1) is 10.9. The molecule has 6 nitrogen and oxygen atoms in total. The van der Waals surface area contributed by atoms with Crippen molar-refractivity contribution < 1.29 is 22.7 Å². The minimum Gasteiger partial charge on any atom is -0.495 e. The molecule has 1 atom stereocenters. The fourth-order valence-electron chi connectivity index (χ4n) is 2.74. The lowest BCUT2D eigenvalue weighted by molar-refractivity contribution is -0.149. The first kappa shape index (κ1) is 17.7. The first-order valence-electron chi connectivity index (χ1n) is 7.71. The molecule has 1 aliphatic heterocycles. The van der Waals surface area contributed by atoms with Crippen molar-refractivity contribution in [3.05, 3.63) is 23.8 Å². The lowest BCUT2D eigenvalue weighted by Crippen LogP contribution is -2.42. The number of hydrogen-bond acceptors (Lipinski definition) is 5. The molecule has 2 rings (SSSR count). The van der Waals surface area contributed by atoms with Crippen molar-refractivity contribution in [2.75, 3.05) is 26.8 Å². The topological polar surface area (TPSA) is 72.9 Å². The van der Waals surface area contributed by atoms with Gasteiger partial charge in [-0.3, -0.25) is 4.79 Å². The SMILES string of the molecule is CCOC(=O)[C@@H]1CCCN(S(=O)(=O)c2cc(C)ccc2OC)C1. The first-order valence-corrected chi connectivity index (χ1v) is 9.15. The zero-order chi connectivity index (χ0) is 17.0. The molecule has 1 aromatic carbocycles. The molecular formula is C16H23NO5S. The number of methoxy groups -OCH3 is 1. The van der Waals surface area contributed by atoms with Crippen molar-refractivity contribution in [1.82, 2.24) is 4.31 Å². The molecule has 0 N–H and O–H groups in total. The normalized spacial score (nSPS) is 19.3. The van der Waals surface area contributed by atoms with E-state index in [2.05, 4.69) is 0 Å². The quantitative estimate of drug-likeness (QED) is 0.766. The van der Waals surface area contributed by atoms with Crippen LogP contribution in [-0.4, -0.2) is 45.5 Å². The molecule has 0 aromatic heterocycles. The summed E-state index contributed by atoms with van der Waals surface area (Å²) in [5, 5.41) is 0. The van der Waals surface area contributed by atoms with E-state index in [1.54, 1.807) is 25.1 Å². The van der Waals surface area contributed by atoms with E-state index in [1.165, 1.54) is 11.4 Å². The van der Waals surface area contributed by atoms with Crippen molar-refractivity contribution in [2.45, 2.75) is 31.6 Å². The summed E-state index contributed by atoms with van der Waals surface area (Å²) in [5.74, 6) is -0.424. The monoisotopic (exact) mass is 341 g/mol. The number of sulfonamides is 1. The van der Waals surface area contributed by atoms with E-state index in [0.29, 0.717) is 31.7 Å². The van der Waals surface area contributed by atoms with Crippen LogP contribution in [0.4, 0.5) is 0 Å². The van der Waals surface area contributed by atoms with Crippen LogP contribution < -0.4 is 4.74 Å². The maximum atomic E-state index is 12.9. The van der Waals surface area contributed by atoms with Gasteiger partial charge in [0.15, 0.2) is 0 Å². The summed E-state index contributed by atoms with van der Waals surface area (Å²) in [6.45, 7) is 4.42. The van der Waals surface area contributed by atoms with Gasteiger partial charge in [0.25, 0.3) is 0 Å². The van der Waals surface area contributed by atoms with Crippen LogP contribution in [0.3, 0.4) is 0 Å². The molecule has 0 radical (unpaired) electrons. The number of piperidine rings is 1. The van der Waals surface area contributed by atoms with Gasteiger partial charge in [-0.15, -0.1) is 0 Å². The van der Waals surface area contributed by atoms with Crippen LogP contribution in [0.25, 0.3) is 0 Å². The maximum absolute atomic E-state index is 12.9. The Morgan fingerprint density at radius 1 is 1.39 bits per heavy atom. The van der Waals surface area contributed by atoms with Gasteiger partial charge in [-0.25, -0.2) is 8.42 Å². The maximum Gasteiger partial charge on any atom is 0.310 e. The van der Waals surface area contributed by atoms with E-state index in [0.717, 1.165) is 5.56 Å². The molecule has 1 saturated heterocycles. The minimum atomic E-state index is -3.71. The second-order valence-corrected chi connectivity index (χ2v) is 7.51. The lowest BCUT2D eigenvalue weighted by atomic mass is 10.0.